The van der Waals surface area contributed by atoms with Gasteiger partial charge in [0.05, 0.1) is 18.9 Å². The summed E-state index contributed by atoms with van der Waals surface area (Å²) in [6.07, 6.45) is -0.909. The Balaban J connectivity index is 1.64. The summed E-state index contributed by atoms with van der Waals surface area (Å²) in [7, 11) is 2.57. The number of furan rings is 1. The van der Waals surface area contributed by atoms with Gasteiger partial charge in [-0.2, -0.15) is 13.2 Å². The van der Waals surface area contributed by atoms with Crippen molar-refractivity contribution in [3.63, 3.8) is 0 Å². The van der Waals surface area contributed by atoms with Crippen molar-refractivity contribution in [2.24, 2.45) is 10.1 Å². The van der Waals surface area contributed by atoms with Crippen molar-refractivity contribution >= 4 is 29.8 Å². The van der Waals surface area contributed by atoms with Gasteiger partial charge >= 0.3 is 6.18 Å². The predicted molar refractivity (Wildman–Crippen MR) is 123 cm³/mol. The van der Waals surface area contributed by atoms with Crippen LogP contribution < -0.4 is 0 Å². The second-order valence-electron chi connectivity index (χ2n) is 7.79. The van der Waals surface area contributed by atoms with Crippen LogP contribution in [0.1, 0.15) is 37.2 Å². The van der Waals surface area contributed by atoms with Crippen LogP contribution in [-0.2, 0) is 17.6 Å². The van der Waals surface area contributed by atoms with Gasteiger partial charge in [-0.15, -0.1) is 5.10 Å². The Morgan fingerprint density at radius 3 is 2.70 bits per heavy atom. The molecule has 0 saturated carbocycles. The van der Waals surface area contributed by atoms with Gasteiger partial charge in [0.25, 0.3) is 0 Å². The predicted octanol–water partition coefficient (Wildman–Crippen LogP) is 5.45. The number of halogens is 3. The molecular formula is C23H23BF3N4O2. The minimum atomic E-state index is -4.43. The van der Waals surface area contributed by atoms with Crippen molar-refractivity contribution in [2.75, 3.05) is 7.11 Å². The second-order valence-corrected chi connectivity index (χ2v) is 7.79. The molecule has 1 radical (unpaired) electrons. The van der Waals surface area contributed by atoms with Crippen LogP contribution in [-0.4, -0.2) is 41.7 Å². The summed E-state index contributed by atoms with van der Waals surface area (Å²) in [5, 5.41) is 5.23. The van der Waals surface area contributed by atoms with Crippen LogP contribution in [0.3, 0.4) is 0 Å². The molecule has 0 aliphatic carbocycles. The molecule has 6 nitrogen and oxygen atoms in total. The summed E-state index contributed by atoms with van der Waals surface area (Å²) in [5.74, 6) is 3.20. The molecule has 0 unspecified atom stereocenters. The Hall–Kier alpha value is -3.30. The van der Waals surface area contributed by atoms with Crippen LogP contribution in [0, 0.1) is 6.92 Å². The van der Waals surface area contributed by atoms with Crippen LogP contribution in [0.5, 0.6) is 0 Å². The number of aromatic nitrogens is 2. The Kier molecular flexibility index (Phi) is 6.18. The molecule has 33 heavy (non-hydrogen) atoms. The highest BCUT2D eigenvalue weighted by Crippen LogP contribution is 2.32. The zero-order valence-electron chi connectivity index (χ0n) is 18.8. The van der Waals surface area contributed by atoms with E-state index in [0.29, 0.717) is 41.7 Å². The number of benzene rings is 1. The molecule has 10 heteroatoms. The first-order chi connectivity index (χ1) is 15.7. The van der Waals surface area contributed by atoms with Crippen LogP contribution in [0.2, 0.25) is 0 Å². The zero-order chi connectivity index (χ0) is 23.8. The maximum absolute atomic E-state index is 12.9. The Morgan fingerprint density at radius 1 is 1.24 bits per heavy atom. The van der Waals surface area contributed by atoms with E-state index in [2.05, 4.69) is 21.1 Å². The largest absolute Gasteiger partial charge is 0.483 e. The Labute approximate surface area is 190 Å². The minimum absolute atomic E-state index is 0.400. The molecule has 4 rings (SSSR count). The number of nitrogens with zero attached hydrogens (tertiary/aromatic N) is 4. The van der Waals surface area contributed by atoms with Crippen molar-refractivity contribution in [3.05, 3.63) is 53.0 Å². The topological polar surface area (TPSA) is 64.9 Å². The van der Waals surface area contributed by atoms with Gasteiger partial charge in [-0.25, -0.2) is 9.66 Å². The number of imidazole rings is 1. The summed E-state index contributed by atoms with van der Waals surface area (Å²) in [6, 6.07) is 5.98. The van der Waals surface area contributed by atoms with E-state index in [1.54, 1.807) is 24.9 Å². The first-order valence-electron chi connectivity index (χ1n) is 10.6. The maximum Gasteiger partial charge on any atom is 0.420 e. The van der Waals surface area contributed by atoms with Gasteiger partial charge in [0.1, 0.15) is 17.1 Å². The van der Waals surface area contributed by atoms with E-state index in [1.165, 1.54) is 5.98 Å². The fourth-order valence-corrected chi connectivity index (χ4v) is 3.65. The molecule has 0 bridgehead atoms. The molecule has 0 atom stereocenters. The summed E-state index contributed by atoms with van der Waals surface area (Å²) in [5.41, 5.74) is 3.00. The average Bonchev–Trinajstić information content (AvgIpc) is 3.50. The molecule has 0 fully saturated rings. The molecule has 1 aliphatic rings. The molecule has 0 amide bonds. The van der Waals surface area contributed by atoms with Gasteiger partial charge in [0.2, 0.25) is 13.2 Å². The number of allylic oxidation sites excluding steroid dienone is 1. The first kappa shape index (κ1) is 22.9. The lowest BCUT2D eigenvalue weighted by Gasteiger charge is -2.07. The number of alkyl halides is 3. The Morgan fingerprint density at radius 2 is 2.03 bits per heavy atom. The van der Waals surface area contributed by atoms with Crippen molar-refractivity contribution in [1.29, 1.82) is 0 Å². The monoisotopic (exact) mass is 455 g/mol. The van der Waals surface area contributed by atoms with Crippen LogP contribution in [0.4, 0.5) is 13.2 Å². The van der Waals surface area contributed by atoms with Crippen molar-refractivity contribution in [3.8, 4) is 11.5 Å². The van der Waals surface area contributed by atoms with Crippen molar-refractivity contribution in [1.82, 2.24) is 9.66 Å². The van der Waals surface area contributed by atoms with Crippen molar-refractivity contribution < 1.29 is 22.3 Å². The molecule has 3 heterocycles. The van der Waals surface area contributed by atoms with E-state index in [0.717, 1.165) is 35.8 Å². The third-order valence-corrected chi connectivity index (χ3v) is 5.48. The molecule has 171 valence electrons. The van der Waals surface area contributed by atoms with Gasteiger partial charge in [-0.1, -0.05) is 19.0 Å². The third kappa shape index (κ3) is 4.89. The summed E-state index contributed by atoms with van der Waals surface area (Å²) in [6.45, 7) is 5.63. The van der Waals surface area contributed by atoms with E-state index >= 15 is 0 Å². The minimum Gasteiger partial charge on any atom is -0.483 e. The number of aryl methyl sites for hydroxylation is 3. The molecule has 1 aliphatic heterocycles. The van der Waals surface area contributed by atoms with Crippen LogP contribution in [0.25, 0.3) is 22.4 Å². The van der Waals surface area contributed by atoms with Gasteiger partial charge in [-0.05, 0) is 49.4 Å². The number of rotatable bonds is 6. The van der Waals surface area contributed by atoms with Crippen molar-refractivity contribution in [2.45, 2.75) is 46.2 Å². The lowest BCUT2D eigenvalue weighted by molar-refractivity contribution is -0.0559. The summed E-state index contributed by atoms with van der Waals surface area (Å²) in [4.78, 5) is 8.28. The highest BCUT2D eigenvalue weighted by atomic mass is 19.4. The molecule has 2 aromatic heterocycles. The van der Waals surface area contributed by atoms with E-state index < -0.39 is 11.8 Å². The number of hydrogen-bond donors (Lipinski definition) is 0. The highest BCUT2D eigenvalue weighted by Gasteiger charge is 2.36. The van der Waals surface area contributed by atoms with E-state index in [9.17, 15) is 13.2 Å². The maximum atomic E-state index is 12.9. The quantitative estimate of drug-likeness (QED) is 0.282. The molecule has 3 aromatic rings. The molecular weight excluding hydrogens is 432 g/mol. The van der Waals surface area contributed by atoms with E-state index in [-0.39, 0.29) is 0 Å². The standard InChI is InChI=1S/C23H23BF3N4O2/c1-5-15-8-16(6-7-17-11-24-22(29-17)23(25,26)27)18-10-21(33-20(18)9-15)19-12-31(13(2)28-19)30-14(3)32-4/h8-12H,5-7H2,1-4H3/b30-14+. The average molecular weight is 455 g/mol. The fraction of sp³-hybridized carbons (Fsp3) is 0.348. The molecule has 0 spiro atoms. The molecule has 1 aromatic carbocycles. The number of ether oxygens (including phenoxy) is 1. The van der Waals surface area contributed by atoms with E-state index in [1.807, 2.05) is 26.0 Å². The van der Waals surface area contributed by atoms with Crippen LogP contribution >= 0.6 is 0 Å². The van der Waals surface area contributed by atoms with Crippen LogP contribution in [0.15, 0.2) is 50.6 Å². The number of fused-ring (bicyclic) bond motifs is 1. The number of hydrogen-bond acceptors (Lipinski definition) is 5. The normalized spacial score (nSPS) is 14.5. The van der Waals surface area contributed by atoms with Gasteiger partial charge in [-0.3, -0.25) is 4.99 Å². The lowest BCUT2D eigenvalue weighted by atomic mass is 9.73. The summed E-state index contributed by atoms with van der Waals surface area (Å²) < 4.78 is 51.4. The third-order valence-electron chi connectivity index (χ3n) is 5.48. The highest BCUT2D eigenvalue weighted by molar-refractivity contribution is 6.81. The van der Waals surface area contributed by atoms with E-state index in [4.69, 9.17) is 9.15 Å². The second kappa shape index (κ2) is 8.92. The smallest absolute Gasteiger partial charge is 0.420 e. The first-order valence-corrected chi connectivity index (χ1v) is 10.6. The molecule has 0 N–H and O–H groups in total. The Bertz CT molecular complexity index is 1280. The number of aliphatic imine (C=N–C) groups is 1. The van der Waals surface area contributed by atoms with Gasteiger partial charge < -0.3 is 9.15 Å². The summed E-state index contributed by atoms with van der Waals surface area (Å²) >= 11 is 0. The van der Waals surface area contributed by atoms with Gasteiger partial charge in [0, 0.05) is 18.0 Å². The fourth-order valence-electron chi connectivity index (χ4n) is 3.65. The zero-order valence-corrected chi connectivity index (χ0v) is 18.8. The van der Waals surface area contributed by atoms with Gasteiger partial charge in [0.15, 0.2) is 5.76 Å². The number of methoxy groups -OCH3 is 1. The lowest BCUT2D eigenvalue weighted by Crippen LogP contribution is -2.25. The molecule has 0 saturated heterocycles. The SMILES string of the molecule is CCc1cc(CCC2=C[B]C(C(F)(F)F)=N2)c2cc(-c3cn(/N=C(\C)OC)c(C)n3)oc2c1.